The van der Waals surface area contributed by atoms with Gasteiger partial charge in [-0.2, -0.15) is 8.42 Å². The van der Waals surface area contributed by atoms with Crippen LogP contribution >= 0.6 is 24.8 Å². The maximum Gasteiger partial charge on any atom is 0.408 e. The molecule has 0 aromatic rings. The van der Waals surface area contributed by atoms with Crippen molar-refractivity contribution in [1.29, 1.82) is 0 Å². The van der Waals surface area contributed by atoms with Gasteiger partial charge in [0, 0.05) is 19.3 Å². The van der Waals surface area contributed by atoms with Gasteiger partial charge in [-0.1, -0.05) is 0 Å². The molecule has 9 N–H and O–H groups in total. The molecular weight excluding hydrogens is 811 g/mol. The molecule has 0 aromatic carbocycles. The second-order valence-corrected chi connectivity index (χ2v) is 16.8. The molecule has 0 fully saturated rings. The number of primary amides is 1. The topological polar surface area (TPSA) is 327 Å². The zero-order chi connectivity index (χ0) is 41.6. The summed E-state index contributed by atoms with van der Waals surface area (Å²) in [5, 5.41) is 4.51. The van der Waals surface area contributed by atoms with Crippen LogP contribution in [0.2, 0.25) is 0 Å². The first-order valence-corrected chi connectivity index (χ1v) is 19.5. The van der Waals surface area contributed by atoms with E-state index >= 15 is 0 Å². The van der Waals surface area contributed by atoms with E-state index in [1.165, 1.54) is 0 Å². The van der Waals surface area contributed by atoms with Crippen LogP contribution in [-0.2, 0) is 54.0 Å². The van der Waals surface area contributed by atoms with Gasteiger partial charge in [-0.3, -0.25) is 28.4 Å². The van der Waals surface area contributed by atoms with Crippen LogP contribution in [0.15, 0.2) is 0 Å². The molecule has 0 unspecified atom stereocenters. The summed E-state index contributed by atoms with van der Waals surface area (Å²) in [7, 11) is -10.9. The third kappa shape index (κ3) is 50.1. The molecule has 53 heavy (non-hydrogen) atoms. The van der Waals surface area contributed by atoms with Crippen molar-refractivity contribution in [1.82, 2.24) is 20.1 Å². The van der Waals surface area contributed by atoms with Crippen LogP contribution in [0.5, 0.6) is 0 Å². The molecule has 308 valence electrons. The molecule has 0 radical (unpaired) electrons. The largest absolute Gasteiger partial charge is 0.444 e. The summed E-state index contributed by atoms with van der Waals surface area (Å²) in [6.45, 7) is 10.1. The first-order chi connectivity index (χ1) is 22.6. The van der Waals surface area contributed by atoms with Crippen LogP contribution in [0.4, 0.5) is 9.59 Å². The van der Waals surface area contributed by atoms with E-state index in [1.54, 1.807) is 51.0 Å². The third-order valence-corrected chi connectivity index (χ3v) is 5.08. The highest BCUT2D eigenvalue weighted by Gasteiger charge is 2.25. The number of amides is 5. The summed E-state index contributed by atoms with van der Waals surface area (Å²) in [6, 6.07) is -3.02. The van der Waals surface area contributed by atoms with Gasteiger partial charge in [0.2, 0.25) is 26.0 Å². The summed E-state index contributed by atoms with van der Waals surface area (Å²) in [5.41, 5.74) is 8.89. The fraction of sp³-hybridized carbons (Fsp3) is 0.607. The molecular formula is C28H50Cl2N6O14S3. The minimum absolute atomic E-state index is 0. The van der Waals surface area contributed by atoms with Gasteiger partial charge in [0.1, 0.15) is 23.3 Å². The Balaban J connectivity index is -0.000000147. The lowest BCUT2D eigenvalue weighted by molar-refractivity contribution is -0.121. The SMILES string of the molecule is C#CC[C@H](N)C(=O)NS(C)(=O)=O.C#CC[C@H](NC(=O)OC(C)(C)C)C(=O)NS(C)(=O)=O.C#CC[C@H](NC(=O)OC(C)(C)C)C(N)=O.CS(=O)(=O)O.Cl.Cl. The van der Waals surface area contributed by atoms with Gasteiger partial charge in [-0.25, -0.2) is 26.4 Å². The van der Waals surface area contributed by atoms with Crippen molar-refractivity contribution >= 4 is 84.9 Å². The highest BCUT2D eigenvalue weighted by molar-refractivity contribution is 7.89. The number of rotatable bonds is 10. The van der Waals surface area contributed by atoms with Crippen molar-refractivity contribution in [2.45, 2.75) is 90.1 Å². The van der Waals surface area contributed by atoms with Crippen LogP contribution in [0, 0.1) is 37.0 Å². The summed E-state index contributed by atoms with van der Waals surface area (Å²) in [4.78, 5) is 56.0. The highest BCUT2D eigenvalue weighted by Crippen LogP contribution is 2.08. The van der Waals surface area contributed by atoms with Crippen LogP contribution in [-0.4, -0.2) is 108 Å². The zero-order valence-corrected chi connectivity index (χ0v) is 34.6. The van der Waals surface area contributed by atoms with Crippen LogP contribution in [0.25, 0.3) is 0 Å². The number of terminal acetylenes is 3. The van der Waals surface area contributed by atoms with Gasteiger partial charge >= 0.3 is 12.2 Å². The molecule has 0 rings (SSSR count). The normalized spacial score (nSPS) is 12.2. The molecule has 3 atom stereocenters. The monoisotopic (exact) mass is 860 g/mol. The van der Waals surface area contributed by atoms with E-state index < -0.39 is 89.4 Å². The minimum atomic E-state index is -3.72. The first-order valence-electron chi connectivity index (χ1n) is 13.9. The Morgan fingerprint density at radius 2 is 0.943 bits per heavy atom. The average Bonchev–Trinajstić information content (AvgIpc) is 2.84. The Morgan fingerprint density at radius 1 is 0.660 bits per heavy atom. The third-order valence-electron chi connectivity index (χ3n) is 3.93. The lowest BCUT2D eigenvalue weighted by Gasteiger charge is -2.22. The molecule has 0 bridgehead atoms. The fourth-order valence-electron chi connectivity index (χ4n) is 2.30. The van der Waals surface area contributed by atoms with Crippen LogP contribution in [0.3, 0.4) is 0 Å². The predicted octanol–water partition coefficient (Wildman–Crippen LogP) is -0.872. The standard InChI is InChI=1S/C11H18N2O5S.C10H16N2O3.C6H10N2O3S.CH4O3S.2ClH/c1-6-7-8(9(14)13-19(5,16)17)12-10(15)18-11(2,3)4;1-5-6-7(8(11)13)12-9(14)15-10(2,3)4;1-3-4-5(7)6(9)8-12(2,10)11;1-5(2,3)4;;/h1,8H,7H2,2-5H3,(H,12,15)(H,13,14);1,7H,6H2,2-4H3,(H2,11,13)(H,12,14);1,5H,4,7H2,2H3,(H,8,9);1H3,(H,2,3,4);2*1H/t8-;7-;5-;;;/m000.../s1. The molecule has 0 aliphatic carbocycles. The Labute approximate surface area is 324 Å². The van der Waals surface area contributed by atoms with E-state index in [2.05, 4.69) is 28.4 Å². The maximum atomic E-state index is 11.6. The number of sulfonamides is 2. The summed E-state index contributed by atoms with van der Waals surface area (Å²) in [5.74, 6) is 4.20. The van der Waals surface area contributed by atoms with E-state index in [1.807, 2.05) is 0 Å². The van der Waals surface area contributed by atoms with Gasteiger partial charge in [0.15, 0.2) is 0 Å². The lowest BCUT2D eigenvalue weighted by Crippen LogP contribution is -2.49. The number of hydrogen-bond donors (Lipinski definition) is 7. The number of carbonyl (C=O) groups excluding carboxylic acids is 5. The van der Waals surface area contributed by atoms with E-state index in [4.69, 9.17) is 44.8 Å². The molecule has 0 aliphatic rings. The lowest BCUT2D eigenvalue weighted by atomic mass is 10.2. The van der Waals surface area contributed by atoms with Crippen molar-refractivity contribution in [3.8, 4) is 37.0 Å². The Kier molecular flexibility index (Phi) is 31.7. The molecule has 0 spiro atoms. The molecule has 0 saturated heterocycles. The summed E-state index contributed by atoms with van der Waals surface area (Å²) in [6.07, 6.45) is 15.7. The van der Waals surface area contributed by atoms with E-state index in [-0.39, 0.29) is 44.1 Å². The van der Waals surface area contributed by atoms with E-state index in [0.717, 1.165) is 12.5 Å². The van der Waals surface area contributed by atoms with Crippen LogP contribution < -0.4 is 31.5 Å². The van der Waals surface area contributed by atoms with Crippen LogP contribution in [0.1, 0.15) is 60.8 Å². The fourth-order valence-corrected chi connectivity index (χ4v) is 3.32. The van der Waals surface area contributed by atoms with E-state index in [0.29, 0.717) is 6.26 Å². The number of nitrogens with two attached hydrogens (primary N) is 2. The number of carbonyl (C=O) groups is 5. The number of ether oxygens (including phenoxy) is 2. The maximum absolute atomic E-state index is 11.6. The molecule has 20 nitrogen and oxygen atoms in total. The summed E-state index contributed by atoms with van der Waals surface area (Å²) < 4.78 is 82.1. The van der Waals surface area contributed by atoms with Gasteiger partial charge in [0.25, 0.3) is 21.9 Å². The molecule has 5 amide bonds. The van der Waals surface area contributed by atoms with Crippen molar-refractivity contribution in [2.24, 2.45) is 11.5 Å². The predicted molar refractivity (Wildman–Crippen MR) is 202 cm³/mol. The van der Waals surface area contributed by atoms with Crippen molar-refractivity contribution in [3.05, 3.63) is 0 Å². The average molecular weight is 862 g/mol. The first kappa shape index (κ1) is 61.0. The number of alkyl carbamates (subject to hydrolysis) is 2. The number of hydrogen-bond acceptors (Lipinski definition) is 14. The van der Waals surface area contributed by atoms with E-state index in [9.17, 15) is 49.2 Å². The molecule has 25 heteroatoms. The molecule has 0 saturated carbocycles. The molecule has 0 aromatic heterocycles. The minimum Gasteiger partial charge on any atom is -0.444 e. The summed E-state index contributed by atoms with van der Waals surface area (Å²) >= 11 is 0. The van der Waals surface area contributed by atoms with Crippen molar-refractivity contribution in [3.63, 3.8) is 0 Å². The Hall–Kier alpha value is -4.02. The number of halogens is 2. The van der Waals surface area contributed by atoms with Gasteiger partial charge in [-0.15, -0.1) is 61.8 Å². The number of nitrogens with one attached hydrogen (secondary N) is 4. The highest BCUT2D eigenvalue weighted by atomic mass is 35.5. The van der Waals surface area contributed by atoms with Crippen molar-refractivity contribution < 1.29 is 63.3 Å². The second kappa shape index (κ2) is 27.6. The molecule has 0 aliphatic heterocycles. The Bertz CT molecular complexity index is 1650. The second-order valence-electron chi connectivity index (χ2n) is 11.8. The smallest absolute Gasteiger partial charge is 0.408 e. The quantitative estimate of drug-likeness (QED) is 0.104. The van der Waals surface area contributed by atoms with Crippen molar-refractivity contribution in [2.75, 3.05) is 18.8 Å². The van der Waals surface area contributed by atoms with Gasteiger partial charge in [-0.05, 0) is 41.5 Å². The van der Waals surface area contributed by atoms with Gasteiger partial charge in [0.05, 0.1) is 24.8 Å². The molecule has 0 heterocycles. The van der Waals surface area contributed by atoms with Gasteiger partial charge < -0.3 is 31.6 Å². The zero-order valence-electron chi connectivity index (χ0n) is 30.5. The Morgan fingerprint density at radius 3 is 1.21 bits per heavy atom.